The van der Waals surface area contributed by atoms with Gasteiger partial charge in [-0.25, -0.2) is 0 Å². The summed E-state index contributed by atoms with van der Waals surface area (Å²) in [6.07, 6.45) is 4.60. The summed E-state index contributed by atoms with van der Waals surface area (Å²) >= 11 is 1.74. The van der Waals surface area contributed by atoms with Gasteiger partial charge in [0.1, 0.15) is 5.54 Å². The highest BCUT2D eigenvalue weighted by Crippen LogP contribution is 2.15. The van der Waals surface area contributed by atoms with E-state index in [-0.39, 0.29) is 0 Å². The van der Waals surface area contributed by atoms with Crippen LogP contribution in [0.15, 0.2) is 0 Å². The number of hydrogen-bond acceptors (Lipinski definition) is 3. The smallest absolute Gasteiger partial charge is 0.324 e. The van der Waals surface area contributed by atoms with Gasteiger partial charge in [0.05, 0.1) is 0 Å². The molecule has 0 amide bonds. The Kier molecular flexibility index (Phi) is 8.76. The zero-order valence-electron chi connectivity index (χ0n) is 10.7. The van der Waals surface area contributed by atoms with E-state index < -0.39 is 11.5 Å². The van der Waals surface area contributed by atoms with E-state index in [2.05, 4.69) is 12.2 Å². The predicted molar refractivity (Wildman–Crippen MR) is 71.2 cm³/mol. The Bertz CT molecular complexity index is 199. The fourth-order valence-corrected chi connectivity index (χ4v) is 2.51. The lowest BCUT2D eigenvalue weighted by atomic mass is 10.1. The molecule has 1 atom stereocenters. The van der Waals surface area contributed by atoms with Crippen LogP contribution in [0.5, 0.6) is 0 Å². The molecule has 0 aromatic heterocycles. The van der Waals surface area contributed by atoms with E-state index in [1.54, 1.807) is 18.7 Å². The zero-order chi connectivity index (χ0) is 12.4. The maximum absolute atomic E-state index is 11.2. The van der Waals surface area contributed by atoms with E-state index >= 15 is 0 Å². The second-order valence-electron chi connectivity index (χ2n) is 4.32. The van der Waals surface area contributed by atoms with Crippen molar-refractivity contribution in [2.45, 2.75) is 52.0 Å². The molecular weight excluding hydrogens is 222 g/mol. The first-order valence-corrected chi connectivity index (χ1v) is 7.28. The minimum Gasteiger partial charge on any atom is -0.480 e. The molecule has 0 fully saturated rings. The quantitative estimate of drug-likeness (QED) is 0.583. The minimum atomic E-state index is -0.771. The summed E-state index contributed by atoms with van der Waals surface area (Å²) in [4.78, 5) is 11.2. The molecule has 0 aliphatic rings. The summed E-state index contributed by atoms with van der Waals surface area (Å²) in [5.74, 6) is 0.959. The summed E-state index contributed by atoms with van der Waals surface area (Å²) in [7, 11) is 0. The van der Waals surface area contributed by atoms with Crippen LogP contribution in [0.4, 0.5) is 0 Å². The first-order chi connectivity index (χ1) is 7.56. The van der Waals surface area contributed by atoms with Crippen molar-refractivity contribution in [3.63, 3.8) is 0 Å². The van der Waals surface area contributed by atoms with Crippen molar-refractivity contribution < 1.29 is 9.90 Å². The van der Waals surface area contributed by atoms with Crippen molar-refractivity contribution in [2.24, 2.45) is 0 Å². The molecular formula is C12H25NO2S. The number of carbonyl (C=O) groups is 1. The van der Waals surface area contributed by atoms with Crippen LogP contribution in [0.25, 0.3) is 0 Å². The van der Waals surface area contributed by atoms with Crippen LogP contribution in [-0.2, 0) is 4.79 Å². The summed E-state index contributed by atoms with van der Waals surface area (Å²) in [5, 5.41) is 12.3. The van der Waals surface area contributed by atoms with E-state index in [0.29, 0.717) is 5.75 Å². The van der Waals surface area contributed by atoms with Crippen molar-refractivity contribution in [3.8, 4) is 0 Å². The van der Waals surface area contributed by atoms with Gasteiger partial charge in [0, 0.05) is 5.75 Å². The molecule has 0 radical (unpaired) electrons. The monoisotopic (exact) mass is 247 g/mol. The number of rotatable bonds is 10. The average Bonchev–Trinajstić information content (AvgIpc) is 2.26. The second-order valence-corrected chi connectivity index (χ2v) is 5.43. The SMILES string of the molecule is CCCCCSCC(C)(NCCC)C(=O)O. The highest BCUT2D eigenvalue weighted by atomic mass is 32.2. The van der Waals surface area contributed by atoms with Gasteiger partial charge in [-0.2, -0.15) is 11.8 Å². The molecule has 0 aliphatic carbocycles. The third kappa shape index (κ3) is 6.38. The van der Waals surface area contributed by atoms with E-state index in [0.717, 1.165) is 18.7 Å². The normalized spacial score (nSPS) is 14.7. The van der Waals surface area contributed by atoms with Crippen LogP contribution in [-0.4, -0.2) is 34.7 Å². The molecule has 0 bridgehead atoms. The molecule has 96 valence electrons. The molecule has 0 aromatic carbocycles. The molecule has 0 saturated carbocycles. The Morgan fingerprint density at radius 2 is 2.00 bits per heavy atom. The largest absolute Gasteiger partial charge is 0.480 e. The number of hydrogen-bond donors (Lipinski definition) is 2. The summed E-state index contributed by atoms with van der Waals surface area (Å²) < 4.78 is 0. The fraction of sp³-hybridized carbons (Fsp3) is 0.917. The highest BCUT2D eigenvalue weighted by molar-refractivity contribution is 7.99. The Morgan fingerprint density at radius 3 is 2.50 bits per heavy atom. The first-order valence-electron chi connectivity index (χ1n) is 6.13. The lowest BCUT2D eigenvalue weighted by Crippen LogP contribution is -2.52. The van der Waals surface area contributed by atoms with Gasteiger partial charge in [-0.3, -0.25) is 4.79 Å². The minimum absolute atomic E-state index is 0.645. The number of carboxylic acid groups (broad SMARTS) is 1. The number of unbranched alkanes of at least 4 members (excludes halogenated alkanes) is 2. The molecule has 0 rings (SSSR count). The van der Waals surface area contributed by atoms with Gasteiger partial charge in [-0.1, -0.05) is 26.7 Å². The molecule has 1 unspecified atom stereocenters. The van der Waals surface area contributed by atoms with Crippen molar-refractivity contribution in [1.29, 1.82) is 0 Å². The van der Waals surface area contributed by atoms with E-state index in [9.17, 15) is 9.90 Å². The lowest BCUT2D eigenvalue weighted by molar-refractivity contribution is -0.143. The van der Waals surface area contributed by atoms with Gasteiger partial charge in [-0.05, 0) is 32.1 Å². The molecule has 3 nitrogen and oxygen atoms in total. The highest BCUT2D eigenvalue weighted by Gasteiger charge is 2.31. The molecule has 0 aliphatic heterocycles. The van der Waals surface area contributed by atoms with Gasteiger partial charge in [0.2, 0.25) is 0 Å². The molecule has 4 heteroatoms. The number of carboxylic acids is 1. The fourth-order valence-electron chi connectivity index (χ4n) is 1.32. The standard InChI is InChI=1S/C12H25NO2S/c1-4-6-7-9-16-10-12(3,11(14)15)13-8-5-2/h13H,4-10H2,1-3H3,(H,14,15). The topological polar surface area (TPSA) is 49.3 Å². The van der Waals surface area contributed by atoms with Crippen molar-refractivity contribution in [1.82, 2.24) is 5.32 Å². The van der Waals surface area contributed by atoms with Crippen LogP contribution in [0.2, 0.25) is 0 Å². The van der Waals surface area contributed by atoms with Gasteiger partial charge < -0.3 is 10.4 Å². The summed E-state index contributed by atoms with van der Waals surface area (Å²) in [5.41, 5.74) is -0.771. The molecule has 0 heterocycles. The van der Waals surface area contributed by atoms with E-state index in [1.807, 2.05) is 6.92 Å². The van der Waals surface area contributed by atoms with Crippen LogP contribution in [0.3, 0.4) is 0 Å². The Balaban J connectivity index is 3.88. The van der Waals surface area contributed by atoms with Crippen molar-refractivity contribution in [2.75, 3.05) is 18.1 Å². The van der Waals surface area contributed by atoms with Crippen LogP contribution >= 0.6 is 11.8 Å². The van der Waals surface area contributed by atoms with E-state index in [4.69, 9.17) is 0 Å². The van der Waals surface area contributed by atoms with Gasteiger partial charge in [-0.15, -0.1) is 0 Å². The summed E-state index contributed by atoms with van der Waals surface area (Å²) in [6.45, 7) is 6.76. The molecule has 0 aromatic rings. The molecule has 16 heavy (non-hydrogen) atoms. The van der Waals surface area contributed by atoms with Crippen LogP contribution < -0.4 is 5.32 Å². The van der Waals surface area contributed by atoms with Crippen molar-refractivity contribution in [3.05, 3.63) is 0 Å². The number of nitrogens with one attached hydrogen (secondary N) is 1. The zero-order valence-corrected chi connectivity index (χ0v) is 11.5. The van der Waals surface area contributed by atoms with E-state index in [1.165, 1.54) is 19.3 Å². The molecule has 0 saturated heterocycles. The number of thioether (sulfide) groups is 1. The van der Waals surface area contributed by atoms with Crippen LogP contribution in [0.1, 0.15) is 46.5 Å². The Hall–Kier alpha value is -0.220. The summed E-state index contributed by atoms with van der Waals surface area (Å²) in [6, 6.07) is 0. The van der Waals surface area contributed by atoms with Crippen molar-refractivity contribution >= 4 is 17.7 Å². The van der Waals surface area contributed by atoms with Gasteiger partial charge in [0.25, 0.3) is 0 Å². The number of aliphatic carboxylic acids is 1. The predicted octanol–water partition coefficient (Wildman–Crippen LogP) is 2.75. The third-order valence-electron chi connectivity index (χ3n) is 2.52. The van der Waals surface area contributed by atoms with Gasteiger partial charge in [0.15, 0.2) is 0 Å². The first kappa shape index (κ1) is 15.8. The third-order valence-corrected chi connectivity index (χ3v) is 3.88. The van der Waals surface area contributed by atoms with Crippen LogP contribution in [0, 0.1) is 0 Å². The average molecular weight is 247 g/mol. The maximum Gasteiger partial charge on any atom is 0.324 e. The molecule has 0 spiro atoms. The Labute approximate surface area is 103 Å². The lowest BCUT2D eigenvalue weighted by Gasteiger charge is -2.25. The molecule has 2 N–H and O–H groups in total. The Morgan fingerprint density at radius 1 is 1.31 bits per heavy atom. The maximum atomic E-state index is 11.2. The second kappa shape index (κ2) is 8.88. The van der Waals surface area contributed by atoms with Gasteiger partial charge >= 0.3 is 5.97 Å².